The van der Waals surface area contributed by atoms with Gasteiger partial charge in [0.05, 0.1) is 18.7 Å². The van der Waals surface area contributed by atoms with Crippen LogP contribution in [0.5, 0.6) is 0 Å². The van der Waals surface area contributed by atoms with Crippen LogP contribution in [0.1, 0.15) is 31.7 Å². The second-order valence-electron chi connectivity index (χ2n) is 8.64. The molecule has 36 heavy (non-hydrogen) atoms. The minimum absolute atomic E-state index is 0.0757. The second-order valence-corrected chi connectivity index (χ2v) is 9.63. The van der Waals surface area contributed by atoms with E-state index in [2.05, 4.69) is 35.9 Å². The second kappa shape index (κ2) is 14.2. The number of hydrogen-bond donors (Lipinski definition) is 7. The third-order valence-corrected chi connectivity index (χ3v) is 6.06. The van der Waals surface area contributed by atoms with Crippen LogP contribution in [-0.4, -0.2) is 84.9 Å². The van der Waals surface area contributed by atoms with Crippen molar-refractivity contribution in [1.29, 1.82) is 0 Å². The molecule has 4 unspecified atom stereocenters. The summed E-state index contributed by atoms with van der Waals surface area (Å²) in [7, 11) is 0. The molecule has 0 spiro atoms. The lowest BCUT2D eigenvalue weighted by atomic mass is 10.0. The van der Waals surface area contributed by atoms with Gasteiger partial charge in [0.2, 0.25) is 17.7 Å². The number of aromatic nitrogens is 4. The molecule has 2 aromatic rings. The number of nitrogens with zero attached hydrogens (tertiary/aromatic N) is 2. The zero-order valence-corrected chi connectivity index (χ0v) is 21.3. The van der Waals surface area contributed by atoms with Gasteiger partial charge in [-0.3, -0.25) is 14.4 Å². The van der Waals surface area contributed by atoms with E-state index in [9.17, 15) is 24.3 Å². The maximum absolute atomic E-state index is 13.2. The molecular formula is C22H34N8O5S. The average molecular weight is 523 g/mol. The molecule has 0 saturated heterocycles. The molecule has 8 N–H and O–H groups in total. The zero-order valence-electron chi connectivity index (χ0n) is 20.5. The van der Waals surface area contributed by atoms with Gasteiger partial charge in [-0.25, -0.2) is 14.8 Å². The largest absolute Gasteiger partial charge is 0.480 e. The molecular weight excluding hydrogens is 488 g/mol. The molecule has 0 aromatic carbocycles. The van der Waals surface area contributed by atoms with Gasteiger partial charge < -0.3 is 36.8 Å². The summed E-state index contributed by atoms with van der Waals surface area (Å²) in [5, 5.41) is 17.3. The van der Waals surface area contributed by atoms with Gasteiger partial charge in [-0.05, 0) is 24.3 Å². The Morgan fingerprint density at radius 2 is 1.53 bits per heavy atom. The van der Waals surface area contributed by atoms with E-state index >= 15 is 0 Å². The predicted molar refractivity (Wildman–Crippen MR) is 134 cm³/mol. The summed E-state index contributed by atoms with van der Waals surface area (Å²) in [5.41, 5.74) is 7.27. The van der Waals surface area contributed by atoms with Crippen molar-refractivity contribution in [3.05, 3.63) is 36.4 Å². The van der Waals surface area contributed by atoms with Crippen LogP contribution in [0.15, 0.2) is 25.0 Å². The smallest absolute Gasteiger partial charge is 0.326 e. The van der Waals surface area contributed by atoms with Crippen LogP contribution < -0.4 is 21.7 Å². The molecule has 198 valence electrons. The number of nitrogens with two attached hydrogens (primary N) is 1. The Morgan fingerprint density at radius 1 is 0.944 bits per heavy atom. The number of carboxylic acid groups (broad SMARTS) is 1. The van der Waals surface area contributed by atoms with E-state index in [0.717, 1.165) is 0 Å². The van der Waals surface area contributed by atoms with Gasteiger partial charge in [-0.1, -0.05) is 13.8 Å². The Morgan fingerprint density at radius 3 is 2.03 bits per heavy atom. The Bertz CT molecular complexity index is 983. The third-order valence-electron chi connectivity index (χ3n) is 5.42. The lowest BCUT2D eigenvalue weighted by molar-refractivity contribution is -0.142. The van der Waals surface area contributed by atoms with Crippen LogP contribution >= 0.6 is 11.8 Å². The normalized spacial score (nSPS) is 14.5. The molecule has 0 radical (unpaired) electrons. The van der Waals surface area contributed by atoms with Crippen molar-refractivity contribution in [2.45, 2.75) is 57.3 Å². The summed E-state index contributed by atoms with van der Waals surface area (Å²) >= 11 is 1.47. The number of carbonyl (C=O) groups excluding carboxylic acids is 3. The minimum Gasteiger partial charge on any atom is -0.480 e. The van der Waals surface area contributed by atoms with Gasteiger partial charge in [0.1, 0.15) is 18.1 Å². The number of carboxylic acids is 1. The number of aromatic amines is 2. The molecule has 4 atom stereocenters. The van der Waals surface area contributed by atoms with Gasteiger partial charge in [-0.2, -0.15) is 11.8 Å². The summed E-state index contributed by atoms with van der Waals surface area (Å²) in [6, 6.07) is -4.11. The molecule has 0 aliphatic carbocycles. The number of imidazole rings is 2. The molecule has 14 heteroatoms. The lowest BCUT2D eigenvalue weighted by Gasteiger charge is -2.27. The number of aliphatic carboxylic acids is 1. The summed E-state index contributed by atoms with van der Waals surface area (Å²) in [5.74, 6) is -2.74. The molecule has 0 aliphatic rings. The molecule has 2 rings (SSSR count). The predicted octanol–water partition coefficient (Wildman–Crippen LogP) is -0.807. The standard InChI is InChI=1S/C22H34N8O5S/c1-12(2)18(21(33)28-16(22(34)35)4-5-36-3)30-20(32)17(7-14-9-25-11-27-14)29-19(31)15(23)6-13-8-24-10-26-13/h8-12,15-18H,4-7,23H2,1-3H3,(H,24,26)(H,25,27)(H,28,33)(H,29,31)(H,30,32)(H,34,35). The van der Waals surface area contributed by atoms with Crippen molar-refractivity contribution in [2.75, 3.05) is 12.0 Å². The van der Waals surface area contributed by atoms with E-state index in [1.807, 2.05) is 6.26 Å². The van der Waals surface area contributed by atoms with Crippen molar-refractivity contribution in [3.8, 4) is 0 Å². The van der Waals surface area contributed by atoms with Gasteiger partial charge in [0, 0.05) is 36.6 Å². The van der Waals surface area contributed by atoms with Crippen LogP contribution in [0.3, 0.4) is 0 Å². The number of carbonyl (C=O) groups is 4. The van der Waals surface area contributed by atoms with E-state index in [4.69, 9.17) is 5.73 Å². The van der Waals surface area contributed by atoms with Gasteiger partial charge in [-0.15, -0.1) is 0 Å². The molecule has 0 fully saturated rings. The number of hydrogen-bond acceptors (Lipinski definition) is 8. The highest BCUT2D eigenvalue weighted by Crippen LogP contribution is 2.08. The van der Waals surface area contributed by atoms with Crippen molar-refractivity contribution < 1.29 is 24.3 Å². The Hall–Kier alpha value is -3.39. The maximum Gasteiger partial charge on any atom is 0.326 e. The Labute approximate surface area is 213 Å². The van der Waals surface area contributed by atoms with Crippen LogP contribution in [0.25, 0.3) is 0 Å². The highest BCUT2D eigenvalue weighted by atomic mass is 32.2. The molecule has 0 aliphatic heterocycles. The van der Waals surface area contributed by atoms with Gasteiger partial charge in [0.15, 0.2) is 0 Å². The highest BCUT2D eigenvalue weighted by molar-refractivity contribution is 7.98. The van der Waals surface area contributed by atoms with Crippen molar-refractivity contribution in [3.63, 3.8) is 0 Å². The lowest BCUT2D eigenvalue weighted by Crippen LogP contribution is -2.59. The quantitative estimate of drug-likeness (QED) is 0.156. The fraction of sp³-hybridized carbons (Fsp3) is 0.545. The zero-order chi connectivity index (χ0) is 26.7. The third kappa shape index (κ3) is 9.00. The summed E-state index contributed by atoms with van der Waals surface area (Å²) < 4.78 is 0. The molecule has 3 amide bonds. The summed E-state index contributed by atoms with van der Waals surface area (Å²) in [4.78, 5) is 64.1. The van der Waals surface area contributed by atoms with E-state index in [1.54, 1.807) is 20.0 Å². The van der Waals surface area contributed by atoms with Crippen LogP contribution in [0, 0.1) is 5.92 Å². The number of rotatable bonds is 15. The maximum atomic E-state index is 13.2. The van der Waals surface area contributed by atoms with E-state index < -0.39 is 47.9 Å². The van der Waals surface area contributed by atoms with Crippen molar-refractivity contribution in [2.24, 2.45) is 11.7 Å². The van der Waals surface area contributed by atoms with E-state index in [1.165, 1.54) is 30.6 Å². The number of thioether (sulfide) groups is 1. The molecule has 13 nitrogen and oxygen atoms in total. The first-order chi connectivity index (χ1) is 17.1. The Kier molecular flexibility index (Phi) is 11.4. The first-order valence-corrected chi connectivity index (χ1v) is 12.8. The number of H-pyrrole nitrogens is 2. The minimum atomic E-state index is -1.15. The fourth-order valence-electron chi connectivity index (χ4n) is 3.37. The molecule has 2 heterocycles. The van der Waals surface area contributed by atoms with Crippen LogP contribution in [0.4, 0.5) is 0 Å². The van der Waals surface area contributed by atoms with E-state index in [-0.39, 0.29) is 25.2 Å². The van der Waals surface area contributed by atoms with Gasteiger partial charge >= 0.3 is 5.97 Å². The fourth-order valence-corrected chi connectivity index (χ4v) is 3.85. The van der Waals surface area contributed by atoms with Crippen LogP contribution in [-0.2, 0) is 32.0 Å². The van der Waals surface area contributed by atoms with Crippen molar-refractivity contribution in [1.82, 2.24) is 35.9 Å². The number of nitrogens with one attached hydrogen (secondary N) is 5. The average Bonchev–Trinajstić information content (AvgIpc) is 3.53. The SMILES string of the molecule is CSCCC(NC(=O)C(NC(=O)C(Cc1cnc[nH]1)NC(=O)C(N)Cc1cnc[nH]1)C(C)C)C(=O)O. The topological polar surface area (TPSA) is 208 Å². The highest BCUT2D eigenvalue weighted by Gasteiger charge is 2.32. The molecule has 0 bridgehead atoms. The summed E-state index contributed by atoms with van der Waals surface area (Å²) in [6.07, 6.45) is 8.34. The first kappa shape index (κ1) is 28.8. The Balaban J connectivity index is 2.12. The monoisotopic (exact) mass is 522 g/mol. The first-order valence-electron chi connectivity index (χ1n) is 11.4. The van der Waals surface area contributed by atoms with E-state index in [0.29, 0.717) is 17.1 Å². The molecule has 2 aromatic heterocycles. The number of amides is 3. The molecule has 0 saturated carbocycles. The van der Waals surface area contributed by atoms with Gasteiger partial charge in [0.25, 0.3) is 0 Å². The van der Waals surface area contributed by atoms with Crippen molar-refractivity contribution >= 4 is 35.5 Å². The van der Waals surface area contributed by atoms with Crippen LogP contribution in [0.2, 0.25) is 0 Å². The summed E-state index contributed by atoms with van der Waals surface area (Å²) in [6.45, 7) is 3.45.